The molecule has 0 aromatic heterocycles. The Hall–Kier alpha value is -0.620. The monoisotopic (exact) mass is 305 g/mol. The molecule has 0 unspecified atom stereocenters. The highest BCUT2D eigenvalue weighted by Gasteiger charge is 2.16. The van der Waals surface area contributed by atoms with Crippen LogP contribution in [-0.2, 0) is 11.2 Å². The zero-order valence-corrected chi connectivity index (χ0v) is 9.98. The highest BCUT2D eigenvalue weighted by Crippen LogP contribution is 2.13. The highest BCUT2D eigenvalue weighted by atomic mass is 127. The van der Waals surface area contributed by atoms with E-state index in [1.54, 1.807) is 7.05 Å². The zero-order valence-electron chi connectivity index (χ0n) is 7.83. The lowest BCUT2D eigenvalue weighted by molar-refractivity contribution is -0.139. The van der Waals surface area contributed by atoms with E-state index in [-0.39, 0.29) is 0 Å². The standard InChI is InChI=1S/C10H12INO2/c1-12-9(10(13)14)6-7-4-2-3-5-8(7)11/h2-5,9,12H,6H2,1H3,(H,13,14)/t9-/m0/s1. The van der Waals surface area contributed by atoms with Gasteiger partial charge in [0, 0.05) is 3.57 Å². The van der Waals surface area contributed by atoms with E-state index in [9.17, 15) is 4.79 Å². The topological polar surface area (TPSA) is 49.3 Å². The summed E-state index contributed by atoms with van der Waals surface area (Å²) in [6.07, 6.45) is 0.519. The van der Waals surface area contributed by atoms with Crippen molar-refractivity contribution in [1.82, 2.24) is 5.32 Å². The Bertz CT molecular complexity index is 328. The summed E-state index contributed by atoms with van der Waals surface area (Å²) in [6, 6.07) is 7.29. The molecule has 14 heavy (non-hydrogen) atoms. The van der Waals surface area contributed by atoms with Crippen LogP contribution in [0.1, 0.15) is 5.56 Å². The maximum atomic E-state index is 10.8. The SMILES string of the molecule is CN[C@@H](Cc1ccccc1I)C(=O)O. The van der Waals surface area contributed by atoms with Gasteiger partial charge in [-0.1, -0.05) is 18.2 Å². The second kappa shape index (κ2) is 5.31. The van der Waals surface area contributed by atoms with Crippen molar-refractivity contribution < 1.29 is 9.90 Å². The number of carbonyl (C=O) groups is 1. The molecule has 3 nitrogen and oxygen atoms in total. The van der Waals surface area contributed by atoms with E-state index >= 15 is 0 Å². The van der Waals surface area contributed by atoms with Gasteiger partial charge in [-0.2, -0.15) is 0 Å². The number of rotatable bonds is 4. The lowest BCUT2D eigenvalue weighted by atomic mass is 10.1. The number of benzene rings is 1. The van der Waals surface area contributed by atoms with E-state index in [4.69, 9.17) is 5.11 Å². The molecule has 2 N–H and O–H groups in total. The van der Waals surface area contributed by atoms with Gasteiger partial charge in [-0.15, -0.1) is 0 Å². The molecule has 0 aliphatic heterocycles. The summed E-state index contributed by atoms with van der Waals surface area (Å²) in [5, 5.41) is 11.6. The van der Waals surface area contributed by atoms with Crippen LogP contribution < -0.4 is 5.32 Å². The minimum Gasteiger partial charge on any atom is -0.480 e. The van der Waals surface area contributed by atoms with Crippen LogP contribution >= 0.6 is 22.6 Å². The Labute approximate surface area is 96.7 Å². The fraction of sp³-hybridized carbons (Fsp3) is 0.300. The van der Waals surface area contributed by atoms with Gasteiger partial charge in [-0.05, 0) is 47.7 Å². The van der Waals surface area contributed by atoms with E-state index in [0.717, 1.165) is 9.13 Å². The third-order valence-electron chi connectivity index (χ3n) is 2.03. The number of halogens is 1. The number of hydrogen-bond acceptors (Lipinski definition) is 2. The molecule has 0 fully saturated rings. The lowest BCUT2D eigenvalue weighted by Gasteiger charge is -2.11. The predicted molar refractivity (Wildman–Crippen MR) is 63.3 cm³/mol. The summed E-state index contributed by atoms with van der Waals surface area (Å²) < 4.78 is 1.10. The number of carboxylic acid groups (broad SMARTS) is 1. The maximum absolute atomic E-state index is 10.8. The van der Waals surface area contributed by atoms with Crippen molar-refractivity contribution in [3.63, 3.8) is 0 Å². The first-order valence-electron chi connectivity index (χ1n) is 4.28. The van der Waals surface area contributed by atoms with Gasteiger partial charge in [0.05, 0.1) is 0 Å². The van der Waals surface area contributed by atoms with Crippen molar-refractivity contribution in [1.29, 1.82) is 0 Å². The Balaban J connectivity index is 2.77. The Morgan fingerprint density at radius 3 is 2.71 bits per heavy atom. The first kappa shape index (κ1) is 11.5. The van der Waals surface area contributed by atoms with Crippen LogP contribution in [0, 0.1) is 3.57 Å². The van der Waals surface area contributed by atoms with E-state index in [1.807, 2.05) is 24.3 Å². The summed E-state index contributed by atoms with van der Waals surface area (Å²) in [5.74, 6) is -0.813. The van der Waals surface area contributed by atoms with Gasteiger partial charge in [0.2, 0.25) is 0 Å². The molecule has 1 atom stereocenters. The molecule has 1 aromatic carbocycles. The Morgan fingerprint density at radius 1 is 1.57 bits per heavy atom. The quantitative estimate of drug-likeness (QED) is 0.829. The molecular formula is C10H12INO2. The van der Waals surface area contributed by atoms with E-state index in [0.29, 0.717) is 6.42 Å². The van der Waals surface area contributed by atoms with E-state index in [1.165, 1.54) is 0 Å². The number of likely N-dealkylation sites (N-methyl/N-ethyl adjacent to an activating group) is 1. The van der Waals surface area contributed by atoms with Gasteiger partial charge in [-0.3, -0.25) is 4.79 Å². The molecule has 0 aliphatic carbocycles. The van der Waals surface area contributed by atoms with Crippen LogP contribution in [0.3, 0.4) is 0 Å². The van der Waals surface area contributed by atoms with Gasteiger partial charge in [0.1, 0.15) is 6.04 Å². The Kier molecular flexibility index (Phi) is 4.34. The first-order valence-corrected chi connectivity index (χ1v) is 5.36. The first-order chi connectivity index (χ1) is 6.65. The maximum Gasteiger partial charge on any atom is 0.321 e. The second-order valence-corrected chi connectivity index (χ2v) is 4.14. The van der Waals surface area contributed by atoms with Gasteiger partial charge >= 0.3 is 5.97 Å². The van der Waals surface area contributed by atoms with Crippen molar-refractivity contribution in [3.05, 3.63) is 33.4 Å². The molecule has 0 bridgehead atoms. The molecule has 1 aromatic rings. The molecule has 0 amide bonds. The average molecular weight is 305 g/mol. The van der Waals surface area contributed by atoms with Crippen molar-refractivity contribution >= 4 is 28.6 Å². The largest absolute Gasteiger partial charge is 0.480 e. The Morgan fingerprint density at radius 2 is 2.21 bits per heavy atom. The lowest BCUT2D eigenvalue weighted by Crippen LogP contribution is -2.35. The number of carboxylic acids is 1. The molecule has 4 heteroatoms. The van der Waals surface area contributed by atoms with Gasteiger partial charge < -0.3 is 10.4 Å². The van der Waals surface area contributed by atoms with Crippen LogP contribution in [0.4, 0.5) is 0 Å². The van der Waals surface area contributed by atoms with Crippen molar-refractivity contribution in [2.45, 2.75) is 12.5 Å². The fourth-order valence-corrected chi connectivity index (χ4v) is 1.80. The summed E-state index contributed by atoms with van der Waals surface area (Å²) >= 11 is 2.21. The van der Waals surface area contributed by atoms with Crippen LogP contribution in [0.15, 0.2) is 24.3 Å². The van der Waals surface area contributed by atoms with Gasteiger partial charge in [-0.25, -0.2) is 0 Å². The van der Waals surface area contributed by atoms with Crippen LogP contribution in [0.25, 0.3) is 0 Å². The second-order valence-electron chi connectivity index (χ2n) is 2.98. The minimum atomic E-state index is -0.813. The normalized spacial score (nSPS) is 12.4. The third-order valence-corrected chi connectivity index (χ3v) is 3.08. The van der Waals surface area contributed by atoms with Gasteiger partial charge in [0.25, 0.3) is 0 Å². The molecule has 0 spiro atoms. The van der Waals surface area contributed by atoms with Gasteiger partial charge in [0.15, 0.2) is 0 Å². The smallest absolute Gasteiger partial charge is 0.321 e. The molecule has 0 radical (unpaired) electrons. The van der Waals surface area contributed by atoms with Crippen molar-refractivity contribution in [2.75, 3.05) is 7.05 Å². The molecular weight excluding hydrogens is 293 g/mol. The number of hydrogen-bond donors (Lipinski definition) is 2. The molecule has 0 aliphatic rings. The summed E-state index contributed by atoms with van der Waals surface area (Å²) in [7, 11) is 1.66. The summed E-state index contributed by atoms with van der Waals surface area (Å²) in [4.78, 5) is 10.8. The molecule has 0 saturated heterocycles. The highest BCUT2D eigenvalue weighted by molar-refractivity contribution is 14.1. The fourth-order valence-electron chi connectivity index (χ4n) is 1.20. The number of aliphatic carboxylic acids is 1. The molecule has 1 rings (SSSR count). The summed E-state index contributed by atoms with van der Waals surface area (Å²) in [6.45, 7) is 0. The van der Waals surface area contributed by atoms with Crippen molar-refractivity contribution in [2.24, 2.45) is 0 Å². The molecule has 76 valence electrons. The molecule has 0 saturated carbocycles. The average Bonchev–Trinajstić information content (AvgIpc) is 2.16. The summed E-state index contributed by atoms with van der Waals surface area (Å²) in [5.41, 5.74) is 1.06. The zero-order chi connectivity index (χ0) is 10.6. The van der Waals surface area contributed by atoms with Crippen LogP contribution in [0.5, 0.6) is 0 Å². The van der Waals surface area contributed by atoms with Crippen LogP contribution in [-0.4, -0.2) is 24.2 Å². The molecule has 0 heterocycles. The van der Waals surface area contributed by atoms with E-state index in [2.05, 4.69) is 27.9 Å². The van der Waals surface area contributed by atoms with Crippen LogP contribution in [0.2, 0.25) is 0 Å². The minimum absolute atomic E-state index is 0.508. The number of nitrogens with one attached hydrogen (secondary N) is 1. The third kappa shape index (κ3) is 2.95. The predicted octanol–water partition coefficient (Wildman–Crippen LogP) is 1.51. The van der Waals surface area contributed by atoms with Crippen molar-refractivity contribution in [3.8, 4) is 0 Å². The van der Waals surface area contributed by atoms with E-state index < -0.39 is 12.0 Å².